The molecule has 0 saturated carbocycles. The first kappa shape index (κ1) is 17.0. The van der Waals surface area contributed by atoms with Crippen LogP contribution in [0.25, 0.3) is 4.85 Å². The topological polar surface area (TPSA) is 25.6 Å². The Morgan fingerprint density at radius 1 is 1.17 bits per heavy atom. The molecule has 1 heterocycles. The minimum atomic E-state index is 0.493. The van der Waals surface area contributed by atoms with Crippen molar-refractivity contribution in [3.05, 3.63) is 69.5 Å². The molecule has 0 atom stereocenters. The lowest BCUT2D eigenvalue weighted by atomic mass is 9.95. The summed E-state index contributed by atoms with van der Waals surface area (Å²) in [6, 6.07) is 14.0. The molecule has 0 radical (unpaired) electrons. The van der Waals surface area contributed by atoms with Crippen molar-refractivity contribution in [2.24, 2.45) is 5.92 Å². The number of ether oxygens (including phenoxy) is 1. The summed E-state index contributed by atoms with van der Waals surface area (Å²) >= 11 is 3.50. The minimum Gasteiger partial charge on any atom is -0.489 e. The average molecular weight is 385 g/mol. The van der Waals surface area contributed by atoms with Crippen LogP contribution in [0.3, 0.4) is 0 Å². The van der Waals surface area contributed by atoms with Gasteiger partial charge in [0, 0.05) is 10.0 Å². The number of hydrogen-bond donors (Lipinski definition) is 1. The van der Waals surface area contributed by atoms with E-state index in [1.165, 1.54) is 31.5 Å². The van der Waals surface area contributed by atoms with E-state index in [2.05, 4.69) is 38.2 Å². The first-order valence-corrected chi connectivity index (χ1v) is 9.12. The van der Waals surface area contributed by atoms with Crippen LogP contribution in [-0.4, -0.2) is 13.1 Å². The van der Waals surface area contributed by atoms with Gasteiger partial charge in [-0.05, 0) is 62.0 Å². The molecular weight excluding hydrogens is 364 g/mol. The first-order chi connectivity index (χ1) is 11.7. The van der Waals surface area contributed by atoms with Crippen molar-refractivity contribution in [3.8, 4) is 5.75 Å². The zero-order valence-electron chi connectivity index (χ0n) is 13.6. The lowest BCUT2D eigenvalue weighted by Gasteiger charge is -2.26. The highest BCUT2D eigenvalue weighted by Crippen LogP contribution is 2.25. The van der Waals surface area contributed by atoms with E-state index in [4.69, 9.17) is 11.3 Å². The highest BCUT2D eigenvalue weighted by Gasteiger charge is 2.15. The van der Waals surface area contributed by atoms with Crippen LogP contribution in [0.2, 0.25) is 0 Å². The van der Waals surface area contributed by atoms with Crippen molar-refractivity contribution in [1.82, 2.24) is 5.32 Å². The van der Waals surface area contributed by atoms with E-state index in [1.807, 2.05) is 30.3 Å². The smallest absolute Gasteiger partial charge is 0.188 e. The molecular formula is C20H21BrN2O. The maximum absolute atomic E-state index is 7.02. The Morgan fingerprint density at radius 2 is 1.96 bits per heavy atom. The van der Waals surface area contributed by atoms with E-state index in [-0.39, 0.29) is 0 Å². The molecule has 3 nitrogen and oxygen atoms in total. The van der Waals surface area contributed by atoms with Gasteiger partial charge in [-0.25, -0.2) is 4.85 Å². The molecule has 0 aromatic heterocycles. The first-order valence-electron chi connectivity index (χ1n) is 8.33. The number of aryl methyl sites for hydroxylation is 1. The predicted octanol–water partition coefficient (Wildman–Crippen LogP) is 5.12. The normalized spacial score (nSPS) is 14.0. The maximum Gasteiger partial charge on any atom is 0.188 e. The number of nitrogens with zero attached hydrogens (tertiary/aromatic N) is 1. The SMILES string of the molecule is [C-]#[N+]c1ccc(COc2ccc(CCCC3CNC3)cc2)c(Br)c1. The van der Waals surface area contributed by atoms with Crippen molar-refractivity contribution in [2.75, 3.05) is 13.1 Å². The summed E-state index contributed by atoms with van der Waals surface area (Å²) in [5.41, 5.74) is 3.05. The van der Waals surface area contributed by atoms with Gasteiger partial charge in [0.1, 0.15) is 12.4 Å². The summed E-state index contributed by atoms with van der Waals surface area (Å²) < 4.78 is 6.77. The van der Waals surface area contributed by atoms with Crippen molar-refractivity contribution in [3.63, 3.8) is 0 Å². The molecule has 24 heavy (non-hydrogen) atoms. The number of hydrogen-bond acceptors (Lipinski definition) is 2. The van der Waals surface area contributed by atoms with Crippen molar-refractivity contribution in [2.45, 2.75) is 25.9 Å². The standard InChI is InChI=1S/C20H21BrN2O/c1-22-18-8-7-17(20(21)11-18)14-24-19-9-5-15(6-10-19)3-2-4-16-12-23-13-16/h5-11,16,23H,2-4,12-14H2. The average Bonchev–Trinajstić information content (AvgIpc) is 2.57. The molecule has 1 aliphatic heterocycles. The second kappa shape index (κ2) is 8.32. The zero-order chi connectivity index (χ0) is 16.8. The monoisotopic (exact) mass is 384 g/mol. The largest absolute Gasteiger partial charge is 0.489 e. The van der Waals surface area contributed by atoms with Gasteiger partial charge in [-0.2, -0.15) is 0 Å². The molecule has 1 saturated heterocycles. The Balaban J connectivity index is 1.48. The molecule has 0 amide bonds. The van der Waals surface area contributed by atoms with Gasteiger partial charge in [0.25, 0.3) is 0 Å². The third-order valence-electron chi connectivity index (χ3n) is 4.43. The lowest BCUT2D eigenvalue weighted by Crippen LogP contribution is -2.41. The number of nitrogens with one attached hydrogen (secondary N) is 1. The molecule has 2 aromatic rings. The van der Waals surface area contributed by atoms with Crippen molar-refractivity contribution >= 4 is 21.6 Å². The molecule has 124 valence electrons. The van der Waals surface area contributed by atoms with Crippen molar-refractivity contribution < 1.29 is 4.74 Å². The predicted molar refractivity (Wildman–Crippen MR) is 100 cm³/mol. The third-order valence-corrected chi connectivity index (χ3v) is 5.17. The molecule has 4 heteroatoms. The van der Waals surface area contributed by atoms with Gasteiger partial charge in [-0.15, -0.1) is 0 Å². The number of rotatable bonds is 7. The maximum atomic E-state index is 7.02. The Hall–Kier alpha value is -1.83. The quantitative estimate of drug-likeness (QED) is 0.670. The molecule has 3 rings (SSSR count). The Kier molecular flexibility index (Phi) is 5.90. The minimum absolute atomic E-state index is 0.493. The molecule has 0 spiro atoms. The van der Waals surface area contributed by atoms with Crippen LogP contribution in [-0.2, 0) is 13.0 Å². The van der Waals surface area contributed by atoms with E-state index in [0.717, 1.165) is 28.1 Å². The Bertz CT molecular complexity index is 717. The molecule has 0 aliphatic carbocycles. The highest BCUT2D eigenvalue weighted by atomic mass is 79.9. The van der Waals surface area contributed by atoms with Gasteiger partial charge >= 0.3 is 0 Å². The molecule has 1 aliphatic rings. The number of benzene rings is 2. The van der Waals surface area contributed by atoms with Crippen molar-refractivity contribution in [1.29, 1.82) is 0 Å². The summed E-state index contributed by atoms with van der Waals surface area (Å²) in [5, 5.41) is 3.32. The van der Waals surface area contributed by atoms with Gasteiger partial charge in [-0.3, -0.25) is 0 Å². The summed E-state index contributed by atoms with van der Waals surface area (Å²) in [6.45, 7) is 9.90. The van der Waals surface area contributed by atoms with Crippen LogP contribution in [0, 0.1) is 12.5 Å². The molecule has 0 unspecified atom stereocenters. The molecule has 2 aromatic carbocycles. The number of halogens is 1. The summed E-state index contributed by atoms with van der Waals surface area (Å²) in [5.74, 6) is 1.77. The van der Waals surface area contributed by atoms with Gasteiger partial charge in [0.05, 0.1) is 6.57 Å². The van der Waals surface area contributed by atoms with E-state index in [0.29, 0.717) is 12.3 Å². The third kappa shape index (κ3) is 4.59. The Morgan fingerprint density at radius 3 is 2.58 bits per heavy atom. The van der Waals surface area contributed by atoms with Crippen LogP contribution in [0.5, 0.6) is 5.75 Å². The zero-order valence-corrected chi connectivity index (χ0v) is 15.2. The Labute approximate surface area is 152 Å². The van der Waals surface area contributed by atoms with Crippen LogP contribution in [0.15, 0.2) is 46.9 Å². The van der Waals surface area contributed by atoms with Gasteiger partial charge in [0.15, 0.2) is 5.69 Å². The fraction of sp³-hybridized carbons (Fsp3) is 0.350. The van der Waals surface area contributed by atoms with E-state index < -0.39 is 0 Å². The second-order valence-corrected chi connectivity index (χ2v) is 7.09. The molecule has 0 bridgehead atoms. The summed E-state index contributed by atoms with van der Waals surface area (Å²) in [6.07, 6.45) is 3.72. The van der Waals surface area contributed by atoms with Gasteiger partial charge in [-0.1, -0.05) is 40.2 Å². The van der Waals surface area contributed by atoms with Crippen LogP contribution in [0.4, 0.5) is 5.69 Å². The fourth-order valence-corrected chi connectivity index (χ4v) is 3.26. The fourth-order valence-electron chi connectivity index (χ4n) is 2.78. The van der Waals surface area contributed by atoms with Gasteiger partial charge in [0.2, 0.25) is 0 Å². The van der Waals surface area contributed by atoms with E-state index in [9.17, 15) is 0 Å². The van der Waals surface area contributed by atoms with E-state index in [1.54, 1.807) is 0 Å². The van der Waals surface area contributed by atoms with Gasteiger partial charge < -0.3 is 10.1 Å². The van der Waals surface area contributed by atoms with Crippen LogP contribution >= 0.6 is 15.9 Å². The van der Waals surface area contributed by atoms with E-state index >= 15 is 0 Å². The summed E-state index contributed by atoms with van der Waals surface area (Å²) in [7, 11) is 0. The highest BCUT2D eigenvalue weighted by molar-refractivity contribution is 9.10. The lowest BCUT2D eigenvalue weighted by molar-refractivity contribution is 0.305. The second-order valence-electron chi connectivity index (χ2n) is 6.24. The van der Waals surface area contributed by atoms with Crippen LogP contribution in [0.1, 0.15) is 24.0 Å². The molecule has 1 fully saturated rings. The van der Waals surface area contributed by atoms with Crippen LogP contribution < -0.4 is 10.1 Å². The summed E-state index contributed by atoms with van der Waals surface area (Å²) in [4.78, 5) is 3.42. The molecule has 1 N–H and O–H groups in total.